The van der Waals surface area contributed by atoms with Crippen LogP contribution in [0.1, 0.15) is 59.2 Å². The van der Waals surface area contributed by atoms with Crippen molar-refractivity contribution in [2.75, 3.05) is 6.54 Å². The van der Waals surface area contributed by atoms with E-state index in [-0.39, 0.29) is 27.2 Å². The van der Waals surface area contributed by atoms with Crippen LogP contribution in [0.3, 0.4) is 0 Å². The molecule has 0 bridgehead atoms. The van der Waals surface area contributed by atoms with Crippen LogP contribution in [-0.2, 0) is 11.0 Å². The summed E-state index contributed by atoms with van der Waals surface area (Å²) in [5.74, 6) is -5.64. The molecule has 1 saturated carbocycles. The van der Waals surface area contributed by atoms with Crippen molar-refractivity contribution in [1.29, 1.82) is 0 Å². The topological polar surface area (TPSA) is 58.2 Å². The van der Waals surface area contributed by atoms with E-state index in [0.29, 0.717) is 18.5 Å². The van der Waals surface area contributed by atoms with E-state index in [9.17, 15) is 35.9 Å². The molecule has 218 valence electrons. The van der Waals surface area contributed by atoms with Gasteiger partial charge in [0.2, 0.25) is 5.91 Å². The number of hydrogen-bond acceptors (Lipinski definition) is 2. The quantitative estimate of drug-likeness (QED) is 0.215. The smallest absolute Gasteiger partial charge is 0.354 e. The fourth-order valence-electron chi connectivity index (χ4n) is 3.80. The van der Waals surface area contributed by atoms with Crippen LogP contribution in [0, 0.1) is 5.92 Å². The molecule has 1 fully saturated rings. The van der Waals surface area contributed by atoms with Crippen molar-refractivity contribution >= 4 is 52.4 Å². The lowest BCUT2D eigenvalue weighted by Crippen LogP contribution is -2.45. The van der Waals surface area contributed by atoms with Gasteiger partial charge in [-0.15, -0.1) is 0 Å². The number of carbonyl (C=O) groups excluding carboxylic acids is 2. The third-order valence-electron chi connectivity index (χ3n) is 6.17. The largest absolute Gasteiger partial charge is 0.417 e. The summed E-state index contributed by atoms with van der Waals surface area (Å²) < 4.78 is 97.9. The summed E-state index contributed by atoms with van der Waals surface area (Å²) >= 11 is 17.3. The fraction of sp³-hybridized carbons (Fsp3) is 0.385. The van der Waals surface area contributed by atoms with Crippen LogP contribution in [0.4, 0.5) is 30.7 Å². The minimum Gasteiger partial charge on any atom is -0.354 e. The second-order valence-electron chi connectivity index (χ2n) is 9.31. The average molecular weight is 634 g/mol. The van der Waals surface area contributed by atoms with E-state index >= 15 is 4.39 Å². The van der Waals surface area contributed by atoms with Gasteiger partial charge < -0.3 is 10.6 Å². The summed E-state index contributed by atoms with van der Waals surface area (Å²) in [7, 11) is 0. The Bertz CT molecular complexity index is 1290. The predicted octanol–water partition coefficient (Wildman–Crippen LogP) is 8.36. The van der Waals surface area contributed by atoms with E-state index in [0.717, 1.165) is 37.5 Å². The number of amides is 2. The van der Waals surface area contributed by atoms with Crippen molar-refractivity contribution in [1.82, 2.24) is 10.6 Å². The minimum absolute atomic E-state index is 0.0686. The third-order valence-corrected chi connectivity index (χ3v) is 7.36. The maximum Gasteiger partial charge on any atom is 0.417 e. The van der Waals surface area contributed by atoms with Gasteiger partial charge in [0, 0.05) is 12.1 Å². The van der Waals surface area contributed by atoms with Crippen molar-refractivity contribution in [3.05, 3.63) is 73.7 Å². The standard InChI is InChI=1S/C26H22Cl3F7N2O2/c1-12(23(39)37-7-6-13-2-3-13)38-24(40)16-5-4-14(8-18(16)26(34,35)36)21(30)11-17(25(31,32)33)15-9-19(27)22(29)20(28)10-15/h4-5,8-13,17H,2-3,6-7H2,1H3,(H,37,39)(H,38,40)/b21-11-. The molecule has 1 aliphatic carbocycles. The Morgan fingerprint density at radius 2 is 1.62 bits per heavy atom. The number of rotatable bonds is 9. The van der Waals surface area contributed by atoms with Gasteiger partial charge in [0.25, 0.3) is 5.91 Å². The first kappa shape index (κ1) is 32.0. The van der Waals surface area contributed by atoms with Gasteiger partial charge in [0.05, 0.1) is 26.2 Å². The molecule has 4 nitrogen and oxygen atoms in total. The van der Waals surface area contributed by atoms with Gasteiger partial charge in [-0.05, 0) is 55.2 Å². The second kappa shape index (κ2) is 12.6. The molecule has 0 aliphatic heterocycles. The Labute approximate surface area is 239 Å². The fourth-order valence-corrected chi connectivity index (χ4v) is 4.41. The number of hydrogen-bond donors (Lipinski definition) is 2. The summed E-state index contributed by atoms with van der Waals surface area (Å²) in [6, 6.07) is 2.01. The Kier molecular flexibility index (Phi) is 10.1. The number of carbonyl (C=O) groups is 2. The first-order valence-electron chi connectivity index (χ1n) is 11.9. The van der Waals surface area contributed by atoms with E-state index in [1.807, 2.05) is 0 Å². The van der Waals surface area contributed by atoms with E-state index < -0.39 is 64.2 Å². The number of nitrogens with one attached hydrogen (secondary N) is 2. The molecule has 2 unspecified atom stereocenters. The predicted molar refractivity (Wildman–Crippen MR) is 138 cm³/mol. The molecule has 14 heteroatoms. The molecule has 0 aromatic heterocycles. The van der Waals surface area contributed by atoms with E-state index in [2.05, 4.69) is 10.6 Å². The molecule has 2 N–H and O–H groups in total. The summed E-state index contributed by atoms with van der Waals surface area (Å²) in [5, 5.41) is 3.83. The SMILES string of the molecule is CC(NC(=O)c1ccc(/C(F)=C/C(c2cc(Cl)c(Cl)c(Cl)c2)C(F)(F)F)cc1C(F)(F)F)C(=O)NCCC1CC1. The Morgan fingerprint density at radius 3 is 2.15 bits per heavy atom. The van der Waals surface area contributed by atoms with Gasteiger partial charge in [-0.3, -0.25) is 9.59 Å². The first-order chi connectivity index (χ1) is 18.5. The molecule has 1 aliphatic rings. The van der Waals surface area contributed by atoms with E-state index in [1.165, 1.54) is 6.92 Å². The van der Waals surface area contributed by atoms with Crippen LogP contribution in [0.2, 0.25) is 15.1 Å². The molecule has 2 atom stereocenters. The van der Waals surface area contributed by atoms with Crippen molar-refractivity contribution in [2.24, 2.45) is 5.92 Å². The minimum atomic E-state index is -5.18. The average Bonchev–Trinajstić information content (AvgIpc) is 3.68. The number of halogens is 10. The lowest BCUT2D eigenvalue weighted by atomic mass is 9.95. The van der Waals surface area contributed by atoms with E-state index in [1.54, 1.807) is 0 Å². The Morgan fingerprint density at radius 1 is 1.02 bits per heavy atom. The lowest BCUT2D eigenvalue weighted by Gasteiger charge is -2.19. The molecule has 40 heavy (non-hydrogen) atoms. The third kappa shape index (κ3) is 8.27. The summed E-state index contributed by atoms with van der Waals surface area (Å²) in [4.78, 5) is 24.8. The van der Waals surface area contributed by atoms with Gasteiger partial charge in [0.1, 0.15) is 17.8 Å². The van der Waals surface area contributed by atoms with Crippen LogP contribution in [0.15, 0.2) is 36.4 Å². The van der Waals surface area contributed by atoms with E-state index in [4.69, 9.17) is 34.8 Å². The lowest BCUT2D eigenvalue weighted by molar-refractivity contribution is -0.140. The van der Waals surface area contributed by atoms with Crippen LogP contribution < -0.4 is 10.6 Å². The first-order valence-corrected chi connectivity index (χ1v) is 13.0. The van der Waals surface area contributed by atoms with Crippen molar-refractivity contribution in [3.8, 4) is 0 Å². The molecular weight excluding hydrogens is 612 g/mol. The number of alkyl halides is 6. The van der Waals surface area contributed by atoms with Crippen LogP contribution in [0.5, 0.6) is 0 Å². The maximum atomic E-state index is 15.0. The van der Waals surface area contributed by atoms with Gasteiger partial charge >= 0.3 is 12.4 Å². The summed E-state index contributed by atoms with van der Waals surface area (Å²) in [6.07, 6.45) is -7.32. The summed E-state index contributed by atoms with van der Waals surface area (Å²) in [5.41, 5.74) is -4.01. The van der Waals surface area contributed by atoms with Gasteiger partial charge in [-0.1, -0.05) is 53.7 Å². The highest BCUT2D eigenvalue weighted by atomic mass is 35.5. The van der Waals surface area contributed by atoms with Gasteiger partial charge in [0.15, 0.2) is 0 Å². The molecule has 2 aromatic carbocycles. The molecule has 0 radical (unpaired) electrons. The van der Waals surface area contributed by atoms with Crippen LogP contribution >= 0.6 is 34.8 Å². The molecule has 3 rings (SSSR count). The van der Waals surface area contributed by atoms with Crippen molar-refractivity contribution < 1.29 is 40.3 Å². The second-order valence-corrected chi connectivity index (χ2v) is 10.5. The molecular formula is C26H22Cl3F7N2O2. The zero-order valence-corrected chi connectivity index (χ0v) is 22.9. The molecule has 0 saturated heterocycles. The van der Waals surface area contributed by atoms with Crippen molar-refractivity contribution in [2.45, 2.75) is 50.5 Å². The van der Waals surface area contributed by atoms with Gasteiger partial charge in [-0.2, -0.15) is 26.3 Å². The highest BCUT2D eigenvalue weighted by Gasteiger charge is 2.41. The highest BCUT2D eigenvalue weighted by Crippen LogP contribution is 2.43. The Hall–Kier alpha value is -2.50. The normalized spacial score (nSPS) is 15.9. The number of benzene rings is 2. The van der Waals surface area contributed by atoms with Crippen molar-refractivity contribution in [3.63, 3.8) is 0 Å². The maximum absolute atomic E-state index is 15.0. The van der Waals surface area contributed by atoms with Crippen LogP contribution in [-0.4, -0.2) is 30.6 Å². The van der Waals surface area contributed by atoms with Gasteiger partial charge in [-0.25, -0.2) is 4.39 Å². The number of allylic oxidation sites excluding steroid dienone is 1. The molecule has 0 heterocycles. The molecule has 2 aromatic rings. The zero-order chi connectivity index (χ0) is 30.0. The summed E-state index contributed by atoms with van der Waals surface area (Å²) in [6.45, 7) is 1.63. The monoisotopic (exact) mass is 632 g/mol. The Balaban J connectivity index is 1.89. The van der Waals surface area contributed by atoms with Crippen LogP contribution in [0.25, 0.3) is 5.83 Å². The molecule has 0 spiro atoms. The zero-order valence-electron chi connectivity index (χ0n) is 20.6. The highest BCUT2D eigenvalue weighted by molar-refractivity contribution is 6.48. The molecule has 2 amide bonds.